The molecular weight excluding hydrogens is 608 g/mol. The first-order chi connectivity index (χ1) is 21.8. The zero-order valence-corrected chi connectivity index (χ0v) is 25.9. The van der Waals surface area contributed by atoms with Crippen LogP contribution in [0.2, 0.25) is 0 Å². The van der Waals surface area contributed by atoms with Gasteiger partial charge in [-0.1, -0.05) is 26.0 Å². The molecule has 0 spiro atoms. The number of esters is 3. The zero-order chi connectivity index (χ0) is 33.6. The normalized spacial score (nSPS) is 32.4. The summed E-state index contributed by atoms with van der Waals surface area (Å²) >= 11 is 0. The third kappa shape index (κ3) is 8.84. The highest BCUT2D eigenvalue weighted by Crippen LogP contribution is 2.49. The van der Waals surface area contributed by atoms with Gasteiger partial charge < -0.3 is 54.0 Å². The Balaban J connectivity index is 1.40. The van der Waals surface area contributed by atoms with E-state index in [0.717, 1.165) is 6.08 Å². The van der Waals surface area contributed by atoms with E-state index < -0.39 is 78.9 Å². The molecule has 0 radical (unpaired) electrons. The topological polar surface area (TPSA) is 208 Å². The highest BCUT2D eigenvalue weighted by atomic mass is 16.7. The average molecular weight is 651 g/mol. The Kier molecular flexibility index (Phi) is 11.8. The quantitative estimate of drug-likeness (QED) is 0.121. The van der Waals surface area contributed by atoms with Gasteiger partial charge in [0.05, 0.1) is 18.8 Å². The molecule has 2 fully saturated rings. The number of fused-ring (bicyclic) bond motifs is 1. The monoisotopic (exact) mass is 650 g/mol. The fourth-order valence-electron chi connectivity index (χ4n) is 5.79. The number of carbonyl (C=O) groups excluding carboxylic acids is 3. The van der Waals surface area contributed by atoms with Crippen molar-refractivity contribution in [2.45, 2.75) is 82.6 Å². The SMILES string of the molecule is CC(=O)OC[C@@]1(O)CC[C@@H]2C(CO[C@@H]3O[C@@H](COC(=O)/C=C\c4ccc(O)cc4)[C@@H](O)[C@@H](O)[C@@H]3O)=CO[C@@H](OC(=O)CC(C)C)[C@@H]21. The molecule has 254 valence electrons. The van der Waals surface area contributed by atoms with Crippen LogP contribution < -0.4 is 0 Å². The molecule has 9 atom stereocenters. The van der Waals surface area contributed by atoms with E-state index in [1.165, 1.54) is 31.4 Å². The predicted octanol–water partition coefficient (Wildman–Crippen LogP) is 0.923. The van der Waals surface area contributed by atoms with Crippen LogP contribution in [0.1, 0.15) is 45.6 Å². The van der Waals surface area contributed by atoms with Crippen LogP contribution in [-0.2, 0) is 42.8 Å². The summed E-state index contributed by atoms with van der Waals surface area (Å²) in [5, 5.41) is 52.4. The summed E-state index contributed by atoms with van der Waals surface area (Å²) < 4.78 is 33.1. The Morgan fingerprint density at radius 1 is 1.04 bits per heavy atom. The van der Waals surface area contributed by atoms with Crippen LogP contribution in [0.25, 0.3) is 6.08 Å². The van der Waals surface area contributed by atoms with Crippen LogP contribution in [-0.4, -0.2) is 106 Å². The van der Waals surface area contributed by atoms with Crippen molar-refractivity contribution >= 4 is 24.0 Å². The summed E-state index contributed by atoms with van der Waals surface area (Å²) in [7, 11) is 0. The average Bonchev–Trinajstić information content (AvgIpc) is 3.36. The van der Waals surface area contributed by atoms with E-state index in [2.05, 4.69) is 0 Å². The molecule has 3 aliphatic rings. The van der Waals surface area contributed by atoms with Crippen molar-refractivity contribution in [3.63, 3.8) is 0 Å². The number of phenolic OH excluding ortho intramolecular Hbond substituents is 1. The number of carbonyl (C=O) groups is 3. The second-order valence-electron chi connectivity index (χ2n) is 12.2. The minimum absolute atomic E-state index is 0.0278. The van der Waals surface area contributed by atoms with E-state index in [1.54, 1.807) is 12.1 Å². The van der Waals surface area contributed by atoms with Gasteiger partial charge in [-0.05, 0) is 54.0 Å². The maximum absolute atomic E-state index is 12.5. The van der Waals surface area contributed by atoms with Gasteiger partial charge in [-0.25, -0.2) is 4.79 Å². The zero-order valence-electron chi connectivity index (χ0n) is 25.9. The lowest BCUT2D eigenvalue weighted by atomic mass is 9.81. The van der Waals surface area contributed by atoms with Gasteiger partial charge in [-0.3, -0.25) is 9.59 Å². The molecule has 0 amide bonds. The first kappa shape index (κ1) is 35.3. The molecular formula is C32H42O14. The number of aliphatic hydroxyl groups is 4. The summed E-state index contributed by atoms with van der Waals surface area (Å²) in [6.45, 7) is 3.93. The van der Waals surface area contributed by atoms with Gasteiger partial charge in [-0.2, -0.15) is 0 Å². The first-order valence-electron chi connectivity index (χ1n) is 15.1. The second-order valence-corrected chi connectivity index (χ2v) is 12.2. The predicted molar refractivity (Wildman–Crippen MR) is 157 cm³/mol. The minimum atomic E-state index is -1.69. The summed E-state index contributed by atoms with van der Waals surface area (Å²) in [5.74, 6) is -2.99. The summed E-state index contributed by atoms with van der Waals surface area (Å²) in [6.07, 6.45) is -4.09. The minimum Gasteiger partial charge on any atom is -0.508 e. The third-order valence-electron chi connectivity index (χ3n) is 8.19. The van der Waals surface area contributed by atoms with Crippen molar-refractivity contribution in [2.24, 2.45) is 17.8 Å². The number of hydrogen-bond donors (Lipinski definition) is 5. The largest absolute Gasteiger partial charge is 0.508 e. The Hall–Kier alpha value is -3.53. The lowest BCUT2D eigenvalue weighted by molar-refractivity contribution is -0.300. The van der Waals surface area contributed by atoms with E-state index in [4.69, 9.17) is 28.4 Å². The fourth-order valence-corrected chi connectivity index (χ4v) is 5.79. The Morgan fingerprint density at radius 2 is 1.76 bits per heavy atom. The number of phenols is 1. The summed E-state index contributed by atoms with van der Waals surface area (Å²) in [5.41, 5.74) is -0.407. The van der Waals surface area contributed by atoms with E-state index in [-0.39, 0.29) is 37.7 Å². The number of benzene rings is 1. The summed E-state index contributed by atoms with van der Waals surface area (Å²) in [4.78, 5) is 36.2. The molecule has 0 bridgehead atoms. The molecule has 14 nitrogen and oxygen atoms in total. The third-order valence-corrected chi connectivity index (χ3v) is 8.19. The van der Waals surface area contributed by atoms with Gasteiger partial charge >= 0.3 is 17.9 Å². The van der Waals surface area contributed by atoms with Crippen molar-refractivity contribution in [3.05, 3.63) is 47.7 Å². The molecule has 0 aromatic heterocycles. The van der Waals surface area contributed by atoms with Gasteiger partial charge in [-0.15, -0.1) is 0 Å². The van der Waals surface area contributed by atoms with Crippen LogP contribution in [0.15, 0.2) is 42.2 Å². The van der Waals surface area contributed by atoms with E-state index in [1.807, 2.05) is 13.8 Å². The molecule has 46 heavy (non-hydrogen) atoms. The number of aliphatic hydroxyl groups excluding tert-OH is 3. The Morgan fingerprint density at radius 3 is 2.43 bits per heavy atom. The van der Waals surface area contributed by atoms with Gasteiger partial charge in [0.1, 0.15) is 49.0 Å². The van der Waals surface area contributed by atoms with Crippen LogP contribution in [0.3, 0.4) is 0 Å². The molecule has 2 heterocycles. The van der Waals surface area contributed by atoms with Gasteiger partial charge in [0.2, 0.25) is 6.29 Å². The molecule has 0 unspecified atom stereocenters. The van der Waals surface area contributed by atoms with Gasteiger partial charge in [0.15, 0.2) is 6.29 Å². The lowest BCUT2D eigenvalue weighted by Gasteiger charge is -2.41. The van der Waals surface area contributed by atoms with Crippen molar-refractivity contribution in [3.8, 4) is 5.75 Å². The number of ether oxygens (including phenoxy) is 6. The molecule has 1 aromatic carbocycles. The first-order valence-corrected chi connectivity index (χ1v) is 15.1. The number of aromatic hydroxyl groups is 1. The lowest BCUT2D eigenvalue weighted by Crippen LogP contribution is -2.59. The van der Waals surface area contributed by atoms with Crippen molar-refractivity contribution < 1.29 is 68.3 Å². The molecule has 4 rings (SSSR count). The highest BCUT2D eigenvalue weighted by Gasteiger charge is 2.57. The van der Waals surface area contributed by atoms with Crippen LogP contribution >= 0.6 is 0 Å². The number of hydrogen-bond acceptors (Lipinski definition) is 14. The fraction of sp³-hybridized carbons (Fsp3) is 0.594. The smallest absolute Gasteiger partial charge is 0.330 e. The molecule has 1 saturated heterocycles. The van der Waals surface area contributed by atoms with Crippen molar-refractivity contribution in [1.82, 2.24) is 0 Å². The molecule has 1 aromatic rings. The number of rotatable bonds is 12. The standard InChI is InChI=1S/C32H42O14/c1-17(2)12-25(36)46-30-26-22(10-11-32(26,40)16-44-18(3)33)20(13-42-30)14-43-31-29(39)28(38)27(37)23(45-31)15-41-24(35)9-6-19-4-7-21(34)8-5-19/h4-9,13,17,22-23,26-31,34,37-40H,10-12,14-16H2,1-3H3/b9-6-/t22-,23+,26-,27-,28-,29+,30+,31-,32+/m1/s1. The second kappa shape index (κ2) is 15.4. The maximum Gasteiger partial charge on any atom is 0.330 e. The van der Waals surface area contributed by atoms with Crippen LogP contribution in [0.4, 0.5) is 0 Å². The van der Waals surface area contributed by atoms with Gasteiger partial charge in [0.25, 0.3) is 0 Å². The van der Waals surface area contributed by atoms with Gasteiger partial charge in [0, 0.05) is 19.4 Å². The Labute approximate surface area is 266 Å². The molecule has 2 aliphatic heterocycles. The highest BCUT2D eigenvalue weighted by molar-refractivity contribution is 5.87. The molecule has 5 N–H and O–H groups in total. The van der Waals surface area contributed by atoms with E-state index in [0.29, 0.717) is 17.6 Å². The summed E-state index contributed by atoms with van der Waals surface area (Å²) in [6, 6.07) is 6.09. The van der Waals surface area contributed by atoms with Crippen molar-refractivity contribution in [1.29, 1.82) is 0 Å². The van der Waals surface area contributed by atoms with E-state index in [9.17, 15) is 39.9 Å². The van der Waals surface area contributed by atoms with Crippen LogP contribution in [0.5, 0.6) is 5.75 Å². The molecule has 1 saturated carbocycles. The molecule has 1 aliphatic carbocycles. The van der Waals surface area contributed by atoms with Crippen LogP contribution in [0, 0.1) is 17.8 Å². The maximum atomic E-state index is 12.5. The Bertz CT molecular complexity index is 1280. The molecule has 14 heteroatoms. The van der Waals surface area contributed by atoms with E-state index >= 15 is 0 Å². The van der Waals surface area contributed by atoms with Crippen molar-refractivity contribution in [2.75, 3.05) is 19.8 Å².